The summed E-state index contributed by atoms with van der Waals surface area (Å²) in [5, 5.41) is 16.7. The zero-order valence-corrected chi connectivity index (χ0v) is 11.8. The number of carboxylic acid groups (broad SMARTS) is 2. The van der Waals surface area contributed by atoms with Gasteiger partial charge in [-0.2, -0.15) is 0 Å². The van der Waals surface area contributed by atoms with E-state index in [0.29, 0.717) is 0 Å². The summed E-state index contributed by atoms with van der Waals surface area (Å²) >= 11 is 0. The van der Waals surface area contributed by atoms with Gasteiger partial charge in [0.2, 0.25) is 0 Å². The molecule has 0 aliphatic carbocycles. The molecule has 0 aromatic heterocycles. The van der Waals surface area contributed by atoms with Crippen molar-refractivity contribution in [2.24, 2.45) is 0 Å². The Kier molecular flexibility index (Phi) is 268. The number of rotatable bonds is 0. The Bertz CT molecular complexity index is 46.8. The van der Waals surface area contributed by atoms with Gasteiger partial charge in [0, 0.05) is 0 Å². The Morgan fingerprint density at radius 2 is 1.00 bits per heavy atom. The average molecular weight is 307 g/mol. The SMILES string of the molecule is Cl.N.O=C([O-])[O-].[Ca+2].[Ca+2].[CaH2].[Cl-].[Cl-]. The van der Waals surface area contributed by atoms with E-state index in [1.54, 1.807) is 0 Å². The second kappa shape index (κ2) is 48.6. The first-order chi connectivity index (χ1) is 1.73. The summed E-state index contributed by atoms with van der Waals surface area (Å²) < 4.78 is 0. The summed E-state index contributed by atoms with van der Waals surface area (Å²) in [6.07, 6.45) is -2.33. The van der Waals surface area contributed by atoms with Crippen molar-refractivity contribution in [1.29, 1.82) is 0 Å². The zero-order chi connectivity index (χ0) is 3.58. The molecule has 0 aliphatic rings. The van der Waals surface area contributed by atoms with Gasteiger partial charge in [-0.15, -0.1) is 12.4 Å². The molecule has 0 saturated carbocycles. The molecule has 0 saturated heterocycles. The van der Waals surface area contributed by atoms with E-state index in [4.69, 9.17) is 15.0 Å². The molecule has 0 atom stereocenters. The standard InChI is InChI=1S/CH2O3.3Ca.3ClH.H3N.2H/c2-1(3)4;;;;;;;;;/h(H2,2,3,4);;;;3*1H;1H3;;/q;;2*+2;;;;;;/p-4. The van der Waals surface area contributed by atoms with Crippen LogP contribution in [0.25, 0.3) is 0 Å². The normalized spacial score (nSPS) is 2.18. The van der Waals surface area contributed by atoms with Crippen LogP contribution in [-0.4, -0.2) is 119 Å². The van der Waals surface area contributed by atoms with Crippen molar-refractivity contribution in [2.75, 3.05) is 0 Å². The molecule has 60 valence electrons. The minimum Gasteiger partial charge on any atom is -1.00 e. The molecule has 0 bridgehead atoms. The fourth-order valence-electron chi connectivity index (χ4n) is 0. The third-order valence-corrected chi connectivity index (χ3v) is 0. The molecule has 0 rings (SSSR count). The van der Waals surface area contributed by atoms with Crippen LogP contribution in [0, 0.1) is 0 Å². The predicted octanol–water partition coefficient (Wildman–Crippen LogP) is -9.53. The number of hydrogen-bond acceptors (Lipinski definition) is 4. The molecule has 0 aliphatic heterocycles. The topological polar surface area (TPSA) is 98.2 Å². The van der Waals surface area contributed by atoms with Crippen molar-refractivity contribution in [2.45, 2.75) is 0 Å². The molecular weight excluding hydrogens is 301 g/mol. The maximum absolute atomic E-state index is 8.33. The Hall–Kier alpha value is 3.88. The number of carbonyl (C=O) groups is 1. The maximum atomic E-state index is 8.33. The summed E-state index contributed by atoms with van der Waals surface area (Å²) in [5.41, 5.74) is 0. The van der Waals surface area contributed by atoms with Crippen LogP contribution in [-0.2, 0) is 0 Å². The van der Waals surface area contributed by atoms with Crippen LogP contribution in [0.3, 0.4) is 0 Å². The minimum absolute atomic E-state index is 0. The van der Waals surface area contributed by atoms with Crippen molar-refractivity contribution in [3.05, 3.63) is 0 Å². The molecule has 0 amide bonds. The average Bonchev–Trinajstić information content (AvgIpc) is 0.811. The first-order valence-corrected chi connectivity index (χ1v) is 0.612. The van der Waals surface area contributed by atoms with Gasteiger partial charge in [-0.1, -0.05) is 0 Å². The molecule has 0 unspecified atom stereocenters. The Morgan fingerprint density at radius 3 is 1.00 bits per heavy atom. The van der Waals surface area contributed by atoms with E-state index in [-0.39, 0.29) is 157 Å². The Balaban J connectivity index is -0.00000000214. The molecule has 0 heterocycles. The van der Waals surface area contributed by atoms with E-state index in [1.165, 1.54) is 0 Å². The van der Waals surface area contributed by atoms with Gasteiger partial charge in [0.1, 0.15) is 0 Å². The Morgan fingerprint density at radius 1 is 1.00 bits per heavy atom. The van der Waals surface area contributed by atoms with Crippen molar-refractivity contribution in [3.8, 4) is 0 Å². The van der Waals surface area contributed by atoms with E-state index in [1.807, 2.05) is 0 Å². The van der Waals surface area contributed by atoms with Crippen LogP contribution in [0.4, 0.5) is 4.79 Å². The van der Waals surface area contributed by atoms with E-state index >= 15 is 0 Å². The van der Waals surface area contributed by atoms with E-state index < -0.39 is 6.16 Å². The molecule has 0 spiro atoms. The van der Waals surface area contributed by atoms with Gasteiger partial charge in [-0.3, -0.25) is 0 Å². The fraction of sp³-hybridized carbons (Fsp3) is 0. The molecular formula is CH6Ca3Cl3NO3. The summed E-state index contributed by atoms with van der Waals surface area (Å²) in [6.45, 7) is 0. The predicted molar refractivity (Wildman–Crippen MR) is 37.7 cm³/mol. The van der Waals surface area contributed by atoms with E-state index in [2.05, 4.69) is 0 Å². The maximum Gasteiger partial charge on any atom is -1.00 e. The third-order valence-electron chi connectivity index (χ3n) is 0. The van der Waals surface area contributed by atoms with Crippen LogP contribution in [0.5, 0.6) is 0 Å². The Labute approximate surface area is 173 Å². The number of hydrogen-bond donors (Lipinski definition) is 1. The summed E-state index contributed by atoms with van der Waals surface area (Å²) in [6, 6.07) is 0. The van der Waals surface area contributed by atoms with Gasteiger partial charge >= 0.3 is 113 Å². The van der Waals surface area contributed by atoms with Gasteiger partial charge < -0.3 is 46.0 Å². The molecule has 0 aromatic rings. The summed E-state index contributed by atoms with van der Waals surface area (Å²) in [7, 11) is 0. The zero-order valence-electron chi connectivity index (χ0n) is 5.01. The van der Waals surface area contributed by atoms with Crippen LogP contribution in [0.1, 0.15) is 0 Å². The van der Waals surface area contributed by atoms with Crippen molar-refractivity contribution in [1.82, 2.24) is 6.15 Å². The minimum atomic E-state index is -2.33. The summed E-state index contributed by atoms with van der Waals surface area (Å²) in [5.74, 6) is 0. The molecule has 10 heteroatoms. The second-order valence-electron chi connectivity index (χ2n) is 0.250. The van der Waals surface area contributed by atoms with Gasteiger partial charge in [0.15, 0.2) is 0 Å². The number of carbonyl (C=O) groups excluding carboxylic acids is 1. The molecule has 0 fully saturated rings. The van der Waals surface area contributed by atoms with Gasteiger partial charge in [-0.25, -0.2) is 0 Å². The van der Waals surface area contributed by atoms with Gasteiger partial charge in [-0.05, 0) is 6.16 Å². The molecule has 0 radical (unpaired) electrons. The van der Waals surface area contributed by atoms with Crippen molar-refractivity contribution < 1.29 is 39.8 Å². The van der Waals surface area contributed by atoms with Crippen LogP contribution >= 0.6 is 12.4 Å². The molecule has 0 aromatic carbocycles. The van der Waals surface area contributed by atoms with Crippen molar-refractivity contribution in [3.63, 3.8) is 0 Å². The monoisotopic (exact) mass is 305 g/mol. The fourth-order valence-corrected chi connectivity index (χ4v) is 0. The second-order valence-corrected chi connectivity index (χ2v) is 0.250. The summed E-state index contributed by atoms with van der Waals surface area (Å²) in [4.78, 5) is 8.33. The number of halogens is 3. The van der Waals surface area contributed by atoms with Crippen LogP contribution in [0.15, 0.2) is 0 Å². The molecule has 11 heavy (non-hydrogen) atoms. The molecule has 3 N–H and O–H groups in total. The van der Waals surface area contributed by atoms with Gasteiger partial charge in [0.05, 0.1) is 0 Å². The van der Waals surface area contributed by atoms with E-state index in [9.17, 15) is 0 Å². The first-order valence-electron chi connectivity index (χ1n) is 0.612. The third kappa shape index (κ3) is 130. The van der Waals surface area contributed by atoms with Gasteiger partial charge in [0.25, 0.3) is 0 Å². The smallest absolute Gasteiger partial charge is 1.00 e. The quantitative estimate of drug-likeness (QED) is 0.449. The van der Waals surface area contributed by atoms with Crippen LogP contribution < -0.4 is 41.2 Å². The van der Waals surface area contributed by atoms with E-state index in [0.717, 1.165) is 0 Å². The van der Waals surface area contributed by atoms with Crippen LogP contribution in [0.2, 0.25) is 0 Å². The first kappa shape index (κ1) is 60.6. The largest absolute Gasteiger partial charge is 1.00 e. The van der Waals surface area contributed by atoms with Crippen molar-refractivity contribution >= 4 is 132 Å². The molecule has 4 nitrogen and oxygen atoms in total.